The van der Waals surface area contributed by atoms with Crippen LogP contribution in [0.25, 0.3) is 5.57 Å². The summed E-state index contributed by atoms with van der Waals surface area (Å²) in [5.74, 6) is 0.750. The molecule has 10 heteroatoms. The number of nitrogens with one attached hydrogen (secondary N) is 3. The van der Waals surface area contributed by atoms with Gasteiger partial charge in [-0.1, -0.05) is 122 Å². The van der Waals surface area contributed by atoms with Gasteiger partial charge in [-0.15, -0.1) is 0 Å². The first kappa shape index (κ1) is 53.4. The molecule has 3 aliphatic carbocycles. The van der Waals surface area contributed by atoms with Crippen molar-refractivity contribution in [2.24, 2.45) is 16.6 Å². The lowest BCUT2D eigenvalue weighted by Gasteiger charge is -2.42. The number of allylic oxidation sites excluding steroid dienone is 7. The van der Waals surface area contributed by atoms with Crippen LogP contribution in [-0.4, -0.2) is 76.2 Å². The summed E-state index contributed by atoms with van der Waals surface area (Å²) in [7, 11) is 1.50. The molecule has 3 unspecified atom stereocenters. The Balaban J connectivity index is 0. The largest absolute Gasteiger partial charge is 0.401 e. The number of rotatable bonds is 20. The van der Waals surface area contributed by atoms with E-state index in [2.05, 4.69) is 96.2 Å². The molecule has 0 heterocycles. The van der Waals surface area contributed by atoms with Crippen LogP contribution in [0.1, 0.15) is 91.2 Å². The Bertz CT molecular complexity index is 1310. The molecule has 0 saturated heterocycles. The van der Waals surface area contributed by atoms with E-state index in [4.69, 9.17) is 5.11 Å². The number of halogens is 3. The average molecular weight is 777 g/mol. The minimum atomic E-state index is -4.26. The van der Waals surface area contributed by atoms with Crippen molar-refractivity contribution < 1.29 is 18.3 Å². The fraction of sp³-hybridized carbons (Fsp3) is 0.545. The summed E-state index contributed by atoms with van der Waals surface area (Å²) >= 11 is 3.53. The first-order valence-electron chi connectivity index (χ1n) is 19.1. The third kappa shape index (κ3) is 19.2. The van der Waals surface area contributed by atoms with Gasteiger partial charge < -0.3 is 26.8 Å². The molecule has 3 atom stereocenters. The molecule has 1 aromatic carbocycles. The Kier molecular flexibility index (Phi) is 32.1. The minimum absolute atomic E-state index is 0. The van der Waals surface area contributed by atoms with Crippen LogP contribution >= 0.6 is 12.6 Å². The maximum absolute atomic E-state index is 13.4. The van der Waals surface area contributed by atoms with Crippen LogP contribution in [0.15, 0.2) is 95.7 Å². The predicted molar refractivity (Wildman–Crippen MR) is 234 cm³/mol. The lowest BCUT2D eigenvalue weighted by atomic mass is 9.66. The topological polar surface area (TPSA) is 94.7 Å². The van der Waals surface area contributed by atoms with Gasteiger partial charge in [0.05, 0.1) is 13.2 Å². The predicted octanol–water partition coefficient (Wildman–Crippen LogP) is 9.58. The highest BCUT2D eigenvalue weighted by Crippen LogP contribution is 2.56. The standard InChI is InChI=1S/C31H40F3N2.C8H14N2O.C2H6.CH5N.CH4S.CH4/c1-3-23(2)18-21-35-20-11-5-10-19-30(29(24-16-17-24)36-22-31(32,33)34)27-14-7-4-6-12-25(27)26-13-8-9-15-28(26)30;1-2-9-5-3-4-6-10-7-8-11;3*1-2;/h4,6-9,12-13,15-17,23,29,35-36H,3,5,10-11,14,18-22H2,1-2H3;2-5,10-11H,1,6-8H2;1-2H3;2H2,1H3;2H,1H3;1H4/b;4-3+,9-5?;;;;. The lowest BCUT2D eigenvalue weighted by molar-refractivity contribution is -0.126. The number of unbranched alkanes of at least 4 members (excludes halogenated alkanes) is 2. The first-order chi connectivity index (χ1) is 25.8. The molecule has 0 amide bonds. The molecule has 0 saturated carbocycles. The molecule has 4 rings (SSSR count). The van der Waals surface area contributed by atoms with Crippen molar-refractivity contribution >= 4 is 24.4 Å². The first-order valence-corrected chi connectivity index (χ1v) is 20.0. The Morgan fingerprint density at radius 3 is 2.39 bits per heavy atom. The van der Waals surface area contributed by atoms with Gasteiger partial charge in [-0.2, -0.15) is 25.8 Å². The smallest absolute Gasteiger partial charge is 0.395 e. The second-order valence-electron chi connectivity index (χ2n) is 12.4. The summed E-state index contributed by atoms with van der Waals surface area (Å²) < 4.78 is 40.2. The molecule has 6 nitrogen and oxygen atoms in total. The Morgan fingerprint density at radius 1 is 1.06 bits per heavy atom. The van der Waals surface area contributed by atoms with Crippen molar-refractivity contribution in [2.45, 2.75) is 97.7 Å². The number of benzene rings is 1. The fourth-order valence-corrected chi connectivity index (χ4v) is 6.38. The summed E-state index contributed by atoms with van der Waals surface area (Å²) in [5.41, 5.74) is 9.77. The Morgan fingerprint density at radius 2 is 1.76 bits per heavy atom. The van der Waals surface area contributed by atoms with Crippen molar-refractivity contribution in [1.29, 1.82) is 0 Å². The van der Waals surface area contributed by atoms with Crippen LogP contribution in [0.3, 0.4) is 0 Å². The third-order valence-electron chi connectivity index (χ3n) is 8.99. The Labute approximate surface area is 333 Å². The van der Waals surface area contributed by atoms with E-state index in [0.29, 0.717) is 6.54 Å². The summed E-state index contributed by atoms with van der Waals surface area (Å²) in [6.07, 6.45) is 23.8. The van der Waals surface area contributed by atoms with Crippen molar-refractivity contribution in [2.75, 3.05) is 52.6 Å². The molecule has 54 heavy (non-hydrogen) atoms. The van der Waals surface area contributed by atoms with E-state index in [1.807, 2.05) is 50.6 Å². The maximum atomic E-state index is 13.4. The second kappa shape index (κ2) is 32.5. The number of alkyl halides is 3. The van der Waals surface area contributed by atoms with Crippen LogP contribution in [0.5, 0.6) is 0 Å². The summed E-state index contributed by atoms with van der Waals surface area (Å²) in [5, 5.41) is 17.9. The molecule has 0 aromatic heterocycles. The summed E-state index contributed by atoms with van der Waals surface area (Å²) in [6.45, 7) is 14.6. The van der Waals surface area contributed by atoms with Gasteiger partial charge in [0.1, 0.15) is 0 Å². The molecule has 1 aromatic rings. The fourth-order valence-electron chi connectivity index (χ4n) is 6.38. The van der Waals surface area contributed by atoms with Crippen LogP contribution in [0.2, 0.25) is 0 Å². The van der Waals surface area contributed by atoms with Gasteiger partial charge in [-0.3, -0.25) is 4.99 Å². The van der Waals surface area contributed by atoms with Crippen molar-refractivity contribution in [3.63, 3.8) is 0 Å². The minimum Gasteiger partial charge on any atom is -0.395 e. The molecule has 0 fully saturated rings. The maximum Gasteiger partial charge on any atom is 0.401 e. The van der Waals surface area contributed by atoms with E-state index in [9.17, 15) is 13.2 Å². The highest BCUT2D eigenvalue weighted by atomic mass is 32.1. The number of aliphatic hydroxyl groups excluding tert-OH is 1. The van der Waals surface area contributed by atoms with E-state index in [-0.39, 0.29) is 20.1 Å². The molecule has 0 aliphatic heterocycles. The molecule has 307 valence electrons. The van der Waals surface area contributed by atoms with Crippen molar-refractivity contribution in [3.8, 4) is 0 Å². The van der Waals surface area contributed by atoms with Gasteiger partial charge in [0.2, 0.25) is 0 Å². The van der Waals surface area contributed by atoms with Gasteiger partial charge in [-0.25, -0.2) is 0 Å². The lowest BCUT2D eigenvalue weighted by Crippen LogP contribution is -2.51. The molecule has 3 aliphatic rings. The highest BCUT2D eigenvalue weighted by molar-refractivity contribution is 7.79. The number of nitrogens with two attached hydrogens (primary N) is 1. The normalized spacial score (nSPS) is 17.4. The van der Waals surface area contributed by atoms with Gasteiger partial charge in [0.15, 0.2) is 0 Å². The SMILES string of the molecule is C.C=CN=C/C=C/CNCCO.CC.CCC(C)CCNCCCCCC1(C(NCC(F)(F)F)C2=C[CH]2)C2=C(C=CC=CC2)c2ccccc21.CN.CS. The third-order valence-corrected chi connectivity index (χ3v) is 8.99. The molecule has 1 radical (unpaired) electrons. The number of thiol groups is 1. The van der Waals surface area contributed by atoms with Crippen molar-refractivity contribution in [1.82, 2.24) is 16.0 Å². The van der Waals surface area contributed by atoms with E-state index in [0.717, 1.165) is 63.2 Å². The molecule has 0 bridgehead atoms. The molecule has 0 spiro atoms. The number of hydrogen-bond acceptors (Lipinski definition) is 7. The number of nitrogens with zero attached hydrogens (tertiary/aromatic N) is 1. The van der Waals surface area contributed by atoms with E-state index < -0.39 is 18.1 Å². The molecular weight excluding hydrogens is 704 g/mol. The average Bonchev–Trinajstić information content (AvgIpc) is 4.02. The van der Waals surface area contributed by atoms with Gasteiger partial charge in [-0.05, 0) is 91.9 Å². The van der Waals surface area contributed by atoms with Crippen LogP contribution in [0, 0.1) is 12.3 Å². The number of fused-ring (bicyclic) bond motifs is 2. The van der Waals surface area contributed by atoms with Gasteiger partial charge in [0.25, 0.3) is 0 Å². The van der Waals surface area contributed by atoms with E-state index >= 15 is 0 Å². The highest BCUT2D eigenvalue weighted by Gasteiger charge is 2.51. The van der Waals surface area contributed by atoms with Gasteiger partial charge in [0, 0.05) is 43.4 Å². The zero-order valence-electron chi connectivity index (χ0n) is 33.2. The Hall–Kier alpha value is -2.73. The quantitative estimate of drug-likeness (QED) is 0.0451. The number of hydrogen-bond donors (Lipinski definition) is 6. The zero-order valence-corrected chi connectivity index (χ0v) is 34.1. The monoisotopic (exact) mass is 777 g/mol. The van der Waals surface area contributed by atoms with E-state index in [1.54, 1.807) is 12.5 Å². The zero-order chi connectivity index (χ0) is 40.0. The van der Waals surface area contributed by atoms with Crippen LogP contribution in [-0.2, 0) is 5.41 Å². The number of aliphatic hydroxyl groups is 1. The molecular formula is C44H73F3N5OS. The second-order valence-corrected chi connectivity index (χ2v) is 12.4. The van der Waals surface area contributed by atoms with Crippen LogP contribution in [0.4, 0.5) is 13.2 Å². The van der Waals surface area contributed by atoms with Crippen molar-refractivity contribution in [3.05, 3.63) is 108 Å². The van der Waals surface area contributed by atoms with E-state index in [1.165, 1.54) is 48.4 Å². The number of aliphatic imine (C=N–C) groups is 1. The summed E-state index contributed by atoms with van der Waals surface area (Å²) in [4.78, 5) is 3.76. The van der Waals surface area contributed by atoms with Gasteiger partial charge >= 0.3 is 6.18 Å². The summed E-state index contributed by atoms with van der Waals surface area (Å²) in [6, 6.07) is 7.96. The molecule has 6 N–H and O–H groups in total. The van der Waals surface area contributed by atoms with Crippen LogP contribution < -0.4 is 21.7 Å².